The van der Waals surface area contributed by atoms with E-state index in [0.717, 1.165) is 6.07 Å². The predicted molar refractivity (Wildman–Crippen MR) is 86.5 cm³/mol. The van der Waals surface area contributed by atoms with Gasteiger partial charge in [-0.05, 0) is 23.8 Å². The molecular weight excluding hydrogens is 331 g/mol. The molecule has 25 heavy (non-hydrogen) atoms. The van der Waals surface area contributed by atoms with E-state index in [0.29, 0.717) is 5.56 Å². The number of nitro groups is 1. The minimum Gasteiger partial charge on any atom is -0.467 e. The first-order valence-electron chi connectivity index (χ1n) is 7.28. The van der Waals surface area contributed by atoms with Gasteiger partial charge in [-0.3, -0.25) is 14.9 Å². The van der Waals surface area contributed by atoms with Crippen LogP contribution in [0.5, 0.6) is 0 Å². The van der Waals surface area contributed by atoms with E-state index >= 15 is 0 Å². The first-order valence-corrected chi connectivity index (χ1v) is 7.28. The largest absolute Gasteiger partial charge is 0.467 e. The van der Waals surface area contributed by atoms with Crippen molar-refractivity contribution in [2.75, 3.05) is 7.11 Å². The summed E-state index contributed by atoms with van der Waals surface area (Å²) in [4.78, 5) is 34.4. The minimum atomic E-state index is -1.06. The average Bonchev–Trinajstić information content (AvgIpc) is 2.60. The van der Waals surface area contributed by atoms with Gasteiger partial charge in [-0.25, -0.2) is 9.18 Å². The summed E-state index contributed by atoms with van der Waals surface area (Å²) in [5.74, 6) is -1.84. The Labute approximate surface area is 142 Å². The zero-order valence-electron chi connectivity index (χ0n) is 13.3. The quantitative estimate of drug-likeness (QED) is 0.491. The van der Waals surface area contributed by atoms with Gasteiger partial charge in [0, 0.05) is 24.1 Å². The van der Waals surface area contributed by atoms with E-state index in [1.54, 1.807) is 6.07 Å². The van der Waals surface area contributed by atoms with Gasteiger partial charge in [-0.2, -0.15) is 0 Å². The fourth-order valence-electron chi connectivity index (χ4n) is 2.24. The van der Waals surface area contributed by atoms with Crippen molar-refractivity contribution in [2.45, 2.75) is 12.5 Å². The molecule has 1 atom stereocenters. The zero-order valence-corrected chi connectivity index (χ0v) is 13.3. The highest BCUT2D eigenvalue weighted by Crippen LogP contribution is 2.14. The number of nitrogens with one attached hydrogen (secondary N) is 1. The third-order valence-corrected chi connectivity index (χ3v) is 3.44. The van der Waals surface area contributed by atoms with Crippen molar-refractivity contribution in [2.24, 2.45) is 0 Å². The van der Waals surface area contributed by atoms with Crippen LogP contribution >= 0.6 is 0 Å². The molecule has 0 fully saturated rings. The predicted octanol–water partition coefficient (Wildman–Crippen LogP) is 2.25. The molecule has 130 valence electrons. The monoisotopic (exact) mass is 346 g/mol. The Kier molecular flexibility index (Phi) is 5.78. The van der Waals surface area contributed by atoms with Gasteiger partial charge in [-0.15, -0.1) is 0 Å². The SMILES string of the molecule is COC(=O)[C@H](Cc1cccc(F)c1)NC(=O)c1cccc([N+](=O)[O-])c1. The van der Waals surface area contributed by atoms with Crippen LogP contribution in [0, 0.1) is 15.9 Å². The molecule has 1 amide bonds. The third-order valence-electron chi connectivity index (χ3n) is 3.44. The Morgan fingerprint density at radius 3 is 2.60 bits per heavy atom. The molecule has 1 N–H and O–H groups in total. The highest BCUT2D eigenvalue weighted by atomic mass is 19.1. The molecule has 0 unspecified atom stereocenters. The molecule has 0 spiro atoms. The maximum atomic E-state index is 13.3. The van der Waals surface area contributed by atoms with Crippen LogP contribution in [0.3, 0.4) is 0 Å². The standard InChI is InChI=1S/C17H15FN2O5/c1-25-17(22)15(9-11-4-2-6-13(18)8-11)19-16(21)12-5-3-7-14(10-12)20(23)24/h2-8,10,15H,9H2,1H3,(H,19,21)/t15-/m0/s1. The van der Waals surface area contributed by atoms with Crippen molar-refractivity contribution in [1.82, 2.24) is 5.32 Å². The lowest BCUT2D eigenvalue weighted by Gasteiger charge is -2.16. The normalized spacial score (nSPS) is 11.4. The van der Waals surface area contributed by atoms with Gasteiger partial charge >= 0.3 is 5.97 Å². The Hall–Kier alpha value is -3.29. The number of carbonyl (C=O) groups is 2. The summed E-state index contributed by atoms with van der Waals surface area (Å²) in [7, 11) is 1.17. The van der Waals surface area contributed by atoms with Gasteiger partial charge in [0.1, 0.15) is 11.9 Å². The number of carbonyl (C=O) groups excluding carboxylic acids is 2. The number of esters is 1. The molecule has 8 heteroatoms. The number of nitro benzene ring substituents is 1. The number of hydrogen-bond donors (Lipinski definition) is 1. The number of non-ortho nitro benzene ring substituents is 1. The van der Waals surface area contributed by atoms with Gasteiger partial charge in [0.25, 0.3) is 11.6 Å². The van der Waals surface area contributed by atoms with Crippen LogP contribution in [-0.2, 0) is 16.0 Å². The highest BCUT2D eigenvalue weighted by Gasteiger charge is 2.23. The van der Waals surface area contributed by atoms with Crippen molar-refractivity contribution < 1.29 is 23.6 Å². The molecule has 7 nitrogen and oxygen atoms in total. The van der Waals surface area contributed by atoms with Crippen molar-refractivity contribution in [3.05, 3.63) is 75.6 Å². The summed E-state index contributed by atoms with van der Waals surface area (Å²) in [6, 6.07) is 9.66. The molecule has 2 aromatic rings. The van der Waals surface area contributed by atoms with Gasteiger partial charge in [-0.1, -0.05) is 18.2 Å². The molecular formula is C17H15FN2O5. The average molecular weight is 346 g/mol. The molecule has 0 radical (unpaired) electrons. The summed E-state index contributed by atoms with van der Waals surface area (Å²) in [5.41, 5.74) is 0.282. The summed E-state index contributed by atoms with van der Waals surface area (Å²) in [6.07, 6.45) is 0.0189. The number of nitrogens with zero attached hydrogens (tertiary/aromatic N) is 1. The van der Waals surface area contributed by atoms with Gasteiger partial charge in [0.2, 0.25) is 0 Å². The molecule has 0 heterocycles. The molecule has 0 aromatic heterocycles. The lowest BCUT2D eigenvalue weighted by Crippen LogP contribution is -2.43. The Balaban J connectivity index is 2.19. The topological polar surface area (TPSA) is 98.5 Å². The molecule has 0 aliphatic heterocycles. The van der Waals surface area contributed by atoms with Crippen LogP contribution in [-0.4, -0.2) is 30.0 Å². The number of rotatable bonds is 6. The summed E-state index contributed by atoms with van der Waals surface area (Å²) in [6.45, 7) is 0. The molecule has 0 saturated heterocycles. The van der Waals surface area contributed by atoms with Crippen molar-refractivity contribution in [3.63, 3.8) is 0 Å². The van der Waals surface area contributed by atoms with E-state index in [-0.39, 0.29) is 17.7 Å². The van der Waals surface area contributed by atoms with Crippen molar-refractivity contribution >= 4 is 17.6 Å². The van der Waals surface area contributed by atoms with Crippen LogP contribution in [0.4, 0.5) is 10.1 Å². The highest BCUT2D eigenvalue weighted by molar-refractivity contribution is 5.97. The van der Waals surface area contributed by atoms with Gasteiger partial charge in [0.15, 0.2) is 0 Å². The Bertz CT molecular complexity index is 809. The zero-order chi connectivity index (χ0) is 18.4. The Morgan fingerprint density at radius 1 is 1.24 bits per heavy atom. The van der Waals surface area contributed by atoms with Crippen molar-refractivity contribution in [3.8, 4) is 0 Å². The minimum absolute atomic E-state index is 0.0189. The first kappa shape index (κ1) is 18.1. The van der Waals surface area contributed by atoms with Crippen LogP contribution in [0.2, 0.25) is 0 Å². The van der Waals surface area contributed by atoms with Gasteiger partial charge < -0.3 is 10.1 Å². The van der Waals surface area contributed by atoms with E-state index in [1.807, 2.05) is 0 Å². The van der Waals surface area contributed by atoms with Crippen LogP contribution < -0.4 is 5.32 Å². The van der Waals surface area contributed by atoms with E-state index < -0.39 is 28.7 Å². The summed E-state index contributed by atoms with van der Waals surface area (Å²) < 4.78 is 17.9. The molecule has 2 rings (SSSR count). The molecule has 0 saturated carbocycles. The smallest absolute Gasteiger partial charge is 0.328 e. The van der Waals surface area contributed by atoms with E-state index in [4.69, 9.17) is 0 Å². The second-order valence-corrected chi connectivity index (χ2v) is 5.19. The van der Waals surface area contributed by atoms with E-state index in [2.05, 4.69) is 10.1 Å². The molecule has 0 aliphatic carbocycles. The van der Waals surface area contributed by atoms with Crippen LogP contribution in [0.1, 0.15) is 15.9 Å². The lowest BCUT2D eigenvalue weighted by atomic mass is 10.0. The second-order valence-electron chi connectivity index (χ2n) is 5.19. The number of ether oxygens (including phenoxy) is 1. The lowest BCUT2D eigenvalue weighted by molar-refractivity contribution is -0.384. The first-order chi connectivity index (χ1) is 11.9. The maximum absolute atomic E-state index is 13.3. The number of amides is 1. The second kappa shape index (κ2) is 8.00. The van der Waals surface area contributed by atoms with Crippen molar-refractivity contribution in [1.29, 1.82) is 0 Å². The number of benzene rings is 2. The summed E-state index contributed by atoms with van der Waals surface area (Å²) >= 11 is 0. The number of methoxy groups -OCH3 is 1. The fraction of sp³-hybridized carbons (Fsp3) is 0.176. The van der Waals surface area contributed by atoms with E-state index in [9.17, 15) is 24.1 Å². The third kappa shape index (κ3) is 4.84. The van der Waals surface area contributed by atoms with E-state index in [1.165, 1.54) is 43.5 Å². The molecule has 2 aromatic carbocycles. The van der Waals surface area contributed by atoms with Crippen LogP contribution in [0.15, 0.2) is 48.5 Å². The Morgan fingerprint density at radius 2 is 1.96 bits per heavy atom. The summed E-state index contributed by atoms with van der Waals surface area (Å²) in [5, 5.41) is 13.2. The molecule has 0 bridgehead atoms. The fourth-order valence-corrected chi connectivity index (χ4v) is 2.24. The van der Waals surface area contributed by atoms with Gasteiger partial charge in [0.05, 0.1) is 12.0 Å². The number of hydrogen-bond acceptors (Lipinski definition) is 5. The number of halogens is 1. The van der Waals surface area contributed by atoms with Crippen LogP contribution in [0.25, 0.3) is 0 Å². The maximum Gasteiger partial charge on any atom is 0.328 e. The molecule has 0 aliphatic rings.